The monoisotopic (exact) mass is 573 g/mol. The van der Waals surface area contributed by atoms with Crippen molar-refractivity contribution in [1.29, 1.82) is 0 Å². The zero-order valence-electron chi connectivity index (χ0n) is 22.3. The number of nitrogens with one attached hydrogen (secondary N) is 1. The molecule has 1 fully saturated rings. The summed E-state index contributed by atoms with van der Waals surface area (Å²) < 4.78 is 15.9. The smallest absolute Gasteiger partial charge is 0.337 e. The van der Waals surface area contributed by atoms with E-state index in [-0.39, 0.29) is 39.3 Å². The van der Waals surface area contributed by atoms with Crippen molar-refractivity contribution in [2.75, 3.05) is 19.5 Å². The van der Waals surface area contributed by atoms with Gasteiger partial charge < -0.3 is 45.1 Å². The number of esters is 1. The summed E-state index contributed by atoms with van der Waals surface area (Å²) in [5, 5.41) is 59.1. The number of phenolic OH excluding ortho intramolecular Hbond substituents is 2. The average Bonchev–Trinajstić information content (AvgIpc) is 3.70. The molecule has 2 aromatic rings. The Morgan fingerprint density at radius 2 is 1.79 bits per heavy atom. The molecule has 2 bridgehead atoms. The summed E-state index contributed by atoms with van der Waals surface area (Å²) in [6, 6.07) is 2.33. The molecule has 0 saturated carbocycles. The van der Waals surface area contributed by atoms with Crippen molar-refractivity contribution in [2.24, 2.45) is 0 Å². The number of ether oxygens (including phenoxy) is 3. The van der Waals surface area contributed by atoms with E-state index in [9.17, 15) is 39.9 Å². The summed E-state index contributed by atoms with van der Waals surface area (Å²) in [6.07, 6.45) is -1.27. The third-order valence-corrected chi connectivity index (χ3v) is 8.31. The first kappa shape index (κ1) is 27.3. The highest BCUT2D eigenvalue weighted by atomic mass is 16.7. The third-order valence-electron chi connectivity index (χ3n) is 8.31. The van der Waals surface area contributed by atoms with E-state index in [2.05, 4.69) is 33.7 Å². The van der Waals surface area contributed by atoms with Crippen LogP contribution in [-0.4, -0.2) is 86.7 Å². The van der Waals surface area contributed by atoms with Crippen molar-refractivity contribution in [3.8, 4) is 40.9 Å². The minimum atomic E-state index is -2.51. The highest BCUT2D eigenvalue weighted by Gasteiger charge is 2.87. The van der Waals surface area contributed by atoms with Gasteiger partial charge in [0.2, 0.25) is 5.78 Å². The second-order valence-corrected chi connectivity index (χ2v) is 10.3. The Hall–Kier alpha value is -4.85. The normalized spacial score (nSPS) is 28.7. The van der Waals surface area contributed by atoms with Crippen molar-refractivity contribution in [3.05, 3.63) is 58.2 Å². The Labute approximate surface area is 238 Å². The molecule has 4 aliphatic rings. The Morgan fingerprint density at radius 3 is 2.45 bits per heavy atom. The number of hydrogen-bond acceptors (Lipinski definition) is 12. The van der Waals surface area contributed by atoms with Crippen molar-refractivity contribution >= 4 is 23.2 Å². The van der Waals surface area contributed by atoms with Crippen LogP contribution in [0.1, 0.15) is 44.3 Å². The molecule has 1 saturated heterocycles. The summed E-state index contributed by atoms with van der Waals surface area (Å²) in [4.78, 5) is 40.0. The fourth-order valence-corrected chi connectivity index (χ4v) is 6.29. The molecule has 42 heavy (non-hydrogen) atoms. The van der Waals surface area contributed by atoms with Gasteiger partial charge in [-0.3, -0.25) is 9.59 Å². The van der Waals surface area contributed by atoms with Crippen molar-refractivity contribution < 1.29 is 54.1 Å². The molecule has 2 heterocycles. The van der Waals surface area contributed by atoms with E-state index in [1.54, 1.807) is 0 Å². The third kappa shape index (κ3) is 3.09. The number of aliphatic hydroxyl groups is 3. The van der Waals surface area contributed by atoms with Crippen molar-refractivity contribution in [1.82, 2.24) is 0 Å². The molecule has 6 rings (SSSR count). The van der Waals surface area contributed by atoms with Crippen LogP contribution in [0.4, 0.5) is 5.69 Å². The first-order chi connectivity index (χ1) is 19.9. The van der Waals surface area contributed by atoms with Crippen LogP contribution >= 0.6 is 0 Å². The van der Waals surface area contributed by atoms with E-state index in [0.717, 1.165) is 20.1 Å². The lowest BCUT2D eigenvalue weighted by atomic mass is 9.64. The number of epoxide rings is 1. The highest BCUT2D eigenvalue weighted by molar-refractivity contribution is 6.32. The second kappa shape index (κ2) is 8.82. The summed E-state index contributed by atoms with van der Waals surface area (Å²) in [6.45, 7) is 1.09. The molecule has 0 radical (unpaired) electrons. The van der Waals surface area contributed by atoms with Gasteiger partial charge in [-0.1, -0.05) is 23.7 Å². The fraction of sp³-hybridized carbons (Fsp3) is 0.300. The molecule has 2 aromatic carbocycles. The average molecular weight is 574 g/mol. The van der Waals surface area contributed by atoms with E-state index in [0.29, 0.717) is 0 Å². The highest BCUT2D eigenvalue weighted by Crippen LogP contribution is 2.70. The van der Waals surface area contributed by atoms with E-state index in [1.807, 2.05) is 0 Å². The lowest BCUT2D eigenvalue weighted by Gasteiger charge is -2.43. The molecule has 0 spiro atoms. The Kier molecular flexibility index (Phi) is 5.74. The summed E-state index contributed by atoms with van der Waals surface area (Å²) in [5.74, 6) is 6.52. The lowest BCUT2D eigenvalue weighted by molar-refractivity contribution is -0.174. The minimum Gasteiger partial charge on any atom is -0.507 e. The molecule has 1 unspecified atom stereocenters. The molecular weight excluding hydrogens is 550 g/mol. The number of benzene rings is 2. The fourth-order valence-electron chi connectivity index (χ4n) is 6.29. The van der Waals surface area contributed by atoms with Crippen LogP contribution in [0.2, 0.25) is 0 Å². The van der Waals surface area contributed by atoms with Crippen LogP contribution in [0.25, 0.3) is 0 Å². The molecule has 12 heteroatoms. The largest absolute Gasteiger partial charge is 0.507 e. The van der Waals surface area contributed by atoms with Gasteiger partial charge in [0.05, 0.1) is 36.6 Å². The SMILES string of the molecule is COC(=O)[C@@H](O)C(C)(O)[C@@]12O[C@]13c1cc(O)c4c(c1N[C@H]2C#C/C=C\C#C[C@H]3O)C(=O)c1c(ccc(OC)c1O)C4=O. The van der Waals surface area contributed by atoms with E-state index >= 15 is 0 Å². The number of hydrogen-bond donors (Lipinski definition) is 6. The van der Waals surface area contributed by atoms with Gasteiger partial charge in [-0.15, -0.1) is 0 Å². The Morgan fingerprint density at radius 1 is 1.10 bits per heavy atom. The van der Waals surface area contributed by atoms with Crippen LogP contribution in [0.5, 0.6) is 17.2 Å². The quantitative estimate of drug-likeness (QED) is 0.105. The maximum atomic E-state index is 14.0. The number of aliphatic hydroxyl groups excluding tert-OH is 2. The van der Waals surface area contributed by atoms with Crippen LogP contribution in [0, 0.1) is 23.7 Å². The predicted molar refractivity (Wildman–Crippen MR) is 142 cm³/mol. The van der Waals surface area contributed by atoms with Crippen LogP contribution in [0.15, 0.2) is 30.4 Å². The number of ketones is 2. The number of carbonyl (C=O) groups excluding carboxylic acids is 3. The Bertz CT molecular complexity index is 1790. The number of aromatic hydroxyl groups is 2. The molecule has 214 valence electrons. The molecule has 0 aromatic heterocycles. The summed E-state index contributed by atoms with van der Waals surface area (Å²) in [5.41, 5.74) is -8.23. The molecule has 2 aliphatic heterocycles. The second-order valence-electron chi connectivity index (χ2n) is 10.3. The maximum absolute atomic E-state index is 14.0. The number of fused-ring (bicyclic) bond motifs is 4. The van der Waals surface area contributed by atoms with Crippen LogP contribution in [-0.2, 0) is 19.9 Å². The molecule has 6 N–H and O–H groups in total. The van der Waals surface area contributed by atoms with Gasteiger partial charge in [-0.05, 0) is 37.3 Å². The lowest BCUT2D eigenvalue weighted by Crippen LogP contribution is -2.66. The summed E-state index contributed by atoms with van der Waals surface area (Å²) >= 11 is 0. The van der Waals surface area contributed by atoms with E-state index in [4.69, 9.17) is 9.47 Å². The zero-order valence-corrected chi connectivity index (χ0v) is 22.3. The Balaban J connectivity index is 1.67. The maximum Gasteiger partial charge on any atom is 0.337 e. The number of methoxy groups -OCH3 is 2. The topological polar surface area (TPSA) is 195 Å². The zero-order chi connectivity index (χ0) is 30.4. The minimum absolute atomic E-state index is 0.0717. The molecular formula is C30H23NO11. The standard InChI is InChI=1S/C30H23NO11/c1-28(39,26(37)27(38)41-3)30-17-8-6-4-5-7-9-18(33)29(30,42-30)14-12-15(32)20-21(22(14)31-17)25(36)19-13(23(20)34)10-11-16(40-2)24(19)35/h4-5,10-12,17-18,26,31-33,35,37,39H,1-3H3/b5-4-/t17-,18+,26+,28?,29-,30+/m0/s1. The molecule has 2 aliphatic carbocycles. The van der Waals surface area contributed by atoms with Crippen LogP contribution < -0.4 is 10.1 Å². The van der Waals surface area contributed by atoms with Crippen molar-refractivity contribution in [3.63, 3.8) is 0 Å². The van der Waals surface area contributed by atoms with Gasteiger partial charge in [0, 0.05) is 11.1 Å². The first-order valence-corrected chi connectivity index (χ1v) is 12.6. The molecule has 0 amide bonds. The molecule has 12 nitrogen and oxygen atoms in total. The van der Waals surface area contributed by atoms with E-state index < -0.39 is 64.1 Å². The van der Waals surface area contributed by atoms with Gasteiger partial charge in [-0.25, -0.2) is 4.79 Å². The summed E-state index contributed by atoms with van der Waals surface area (Å²) in [7, 11) is 2.27. The van der Waals surface area contributed by atoms with Crippen molar-refractivity contribution in [2.45, 2.75) is 42.0 Å². The van der Waals surface area contributed by atoms with E-state index in [1.165, 1.54) is 31.4 Å². The van der Waals surface area contributed by atoms with Gasteiger partial charge in [0.1, 0.15) is 17.4 Å². The van der Waals surface area contributed by atoms with Gasteiger partial charge in [0.15, 0.2) is 40.7 Å². The first-order valence-electron chi connectivity index (χ1n) is 12.6. The number of rotatable bonds is 4. The molecule has 6 atom stereocenters. The van der Waals surface area contributed by atoms with Gasteiger partial charge in [-0.2, -0.15) is 0 Å². The predicted octanol–water partition coefficient (Wildman–Crippen LogP) is -0.137. The number of allylic oxidation sites excluding steroid dienone is 2. The number of anilines is 1. The van der Waals surface area contributed by atoms with Crippen LogP contribution in [0.3, 0.4) is 0 Å². The van der Waals surface area contributed by atoms with Gasteiger partial charge in [0.25, 0.3) is 0 Å². The number of phenols is 2. The van der Waals surface area contributed by atoms with Gasteiger partial charge >= 0.3 is 5.97 Å². The number of carbonyl (C=O) groups is 3.